The first-order chi connectivity index (χ1) is 17.5. The molecule has 9 nitrogen and oxygen atoms in total. The van der Waals surface area contributed by atoms with Crippen molar-refractivity contribution < 1.29 is 13.9 Å². The van der Waals surface area contributed by atoms with E-state index in [1.54, 1.807) is 19.5 Å². The number of benzene rings is 1. The highest BCUT2D eigenvalue weighted by molar-refractivity contribution is 5.77. The molecule has 0 unspecified atom stereocenters. The van der Waals surface area contributed by atoms with Crippen LogP contribution in [0.1, 0.15) is 31.2 Å². The van der Waals surface area contributed by atoms with Crippen LogP contribution in [0.2, 0.25) is 0 Å². The van der Waals surface area contributed by atoms with Gasteiger partial charge in [0.1, 0.15) is 23.0 Å². The Balaban J connectivity index is 1.44. The number of hydrogen-bond acceptors (Lipinski definition) is 9. The lowest BCUT2D eigenvalue weighted by atomic mass is 10.1. The zero-order chi connectivity index (χ0) is 25.1. The monoisotopic (exact) mass is 486 g/mol. The summed E-state index contributed by atoms with van der Waals surface area (Å²) in [6.45, 7) is 9.26. The number of aromatic nitrogens is 4. The number of pyridine rings is 1. The highest BCUT2D eigenvalue weighted by atomic mass is 16.5. The van der Waals surface area contributed by atoms with E-state index in [-0.39, 0.29) is 5.92 Å². The maximum absolute atomic E-state index is 6.22. The van der Waals surface area contributed by atoms with Crippen molar-refractivity contribution in [2.24, 2.45) is 0 Å². The Morgan fingerprint density at radius 2 is 1.86 bits per heavy atom. The van der Waals surface area contributed by atoms with Crippen LogP contribution in [-0.4, -0.2) is 53.3 Å². The average Bonchev–Trinajstić information content (AvgIpc) is 3.36. The third kappa shape index (κ3) is 5.16. The number of rotatable bonds is 7. The minimum atomic E-state index is 0.125. The van der Waals surface area contributed by atoms with Crippen molar-refractivity contribution in [1.82, 2.24) is 19.9 Å². The lowest BCUT2D eigenvalue weighted by Gasteiger charge is -2.27. The molecule has 9 heteroatoms. The second kappa shape index (κ2) is 10.3. The highest BCUT2D eigenvalue weighted by Crippen LogP contribution is 2.36. The number of aryl methyl sites for hydroxylation is 1. The van der Waals surface area contributed by atoms with Gasteiger partial charge in [-0.2, -0.15) is 0 Å². The Labute approximate surface area is 210 Å². The number of hydrogen-bond donors (Lipinski definition) is 1. The minimum Gasteiger partial charge on any atom is -0.497 e. The van der Waals surface area contributed by atoms with Crippen molar-refractivity contribution in [3.05, 3.63) is 60.2 Å². The van der Waals surface area contributed by atoms with Gasteiger partial charge in [-0.05, 0) is 48.9 Å². The molecule has 0 amide bonds. The molecule has 4 aromatic rings. The standard InChI is InChI=1S/C27H30N6O3/c1-17(2)26-32-24(19-13-18(3)14-21(15-19)34-4)25(36-26)22-7-8-28-27(31-22)30-20-5-6-23(29-16-20)33-9-11-35-12-10-33/h5-8,13-17H,9-12H2,1-4H3,(H,28,30,31). The summed E-state index contributed by atoms with van der Waals surface area (Å²) >= 11 is 0. The van der Waals surface area contributed by atoms with E-state index in [1.165, 1.54) is 0 Å². The topological polar surface area (TPSA) is 98.4 Å². The van der Waals surface area contributed by atoms with Gasteiger partial charge in [0.15, 0.2) is 11.7 Å². The van der Waals surface area contributed by atoms with E-state index >= 15 is 0 Å². The van der Waals surface area contributed by atoms with Crippen molar-refractivity contribution in [2.75, 3.05) is 43.6 Å². The molecule has 1 N–H and O–H groups in total. The normalized spacial score (nSPS) is 13.8. The Kier molecular flexibility index (Phi) is 6.81. The van der Waals surface area contributed by atoms with E-state index in [4.69, 9.17) is 23.9 Å². The molecule has 4 heterocycles. The van der Waals surface area contributed by atoms with E-state index in [0.717, 1.165) is 60.4 Å². The molecule has 0 saturated carbocycles. The average molecular weight is 487 g/mol. The maximum Gasteiger partial charge on any atom is 0.227 e. The molecule has 0 atom stereocenters. The van der Waals surface area contributed by atoms with Crippen LogP contribution < -0.4 is 15.0 Å². The fourth-order valence-corrected chi connectivity index (χ4v) is 4.07. The quantitative estimate of drug-likeness (QED) is 0.377. The third-order valence-corrected chi connectivity index (χ3v) is 5.92. The number of morpholine rings is 1. The molecular weight excluding hydrogens is 456 g/mol. The van der Waals surface area contributed by atoms with Crippen LogP contribution >= 0.6 is 0 Å². The lowest BCUT2D eigenvalue weighted by Crippen LogP contribution is -2.36. The van der Waals surface area contributed by atoms with Crippen LogP contribution in [-0.2, 0) is 4.74 Å². The second-order valence-electron chi connectivity index (χ2n) is 9.02. The van der Waals surface area contributed by atoms with Gasteiger partial charge in [-0.3, -0.25) is 0 Å². The van der Waals surface area contributed by atoms with Gasteiger partial charge < -0.3 is 24.1 Å². The summed E-state index contributed by atoms with van der Waals surface area (Å²) in [6, 6.07) is 11.8. The smallest absolute Gasteiger partial charge is 0.227 e. The predicted octanol–water partition coefficient (Wildman–Crippen LogP) is 5.21. The summed E-state index contributed by atoms with van der Waals surface area (Å²) in [6.07, 6.45) is 3.50. The van der Waals surface area contributed by atoms with Gasteiger partial charge in [0.05, 0.1) is 32.2 Å². The number of ether oxygens (including phenoxy) is 2. The molecule has 3 aromatic heterocycles. The van der Waals surface area contributed by atoms with Crippen LogP contribution in [0.25, 0.3) is 22.7 Å². The first-order valence-electron chi connectivity index (χ1n) is 12.1. The highest BCUT2D eigenvalue weighted by Gasteiger charge is 2.21. The largest absolute Gasteiger partial charge is 0.497 e. The molecule has 1 aliphatic rings. The molecule has 1 aromatic carbocycles. The summed E-state index contributed by atoms with van der Waals surface area (Å²) in [4.78, 5) is 20.7. The van der Waals surface area contributed by atoms with Crippen molar-refractivity contribution in [1.29, 1.82) is 0 Å². The molecule has 0 aliphatic carbocycles. The number of methoxy groups -OCH3 is 1. The number of nitrogens with zero attached hydrogens (tertiary/aromatic N) is 5. The Hall–Kier alpha value is -3.98. The summed E-state index contributed by atoms with van der Waals surface area (Å²) in [5.41, 5.74) is 4.14. The number of oxazole rings is 1. The Morgan fingerprint density at radius 1 is 1.03 bits per heavy atom. The van der Waals surface area contributed by atoms with Gasteiger partial charge in [0, 0.05) is 30.8 Å². The first-order valence-corrected chi connectivity index (χ1v) is 12.1. The van der Waals surface area contributed by atoms with E-state index in [0.29, 0.717) is 23.3 Å². The van der Waals surface area contributed by atoms with Crippen LogP contribution in [0, 0.1) is 6.92 Å². The summed E-state index contributed by atoms with van der Waals surface area (Å²) < 4.78 is 17.1. The number of nitrogens with one attached hydrogen (secondary N) is 1. The number of anilines is 3. The Bertz CT molecular complexity index is 1330. The maximum atomic E-state index is 6.22. The summed E-state index contributed by atoms with van der Waals surface area (Å²) in [5.74, 6) is 3.51. The SMILES string of the molecule is COc1cc(C)cc(-c2nc(C(C)C)oc2-c2ccnc(Nc3ccc(N4CCOCC4)nc3)n2)c1. The van der Waals surface area contributed by atoms with Crippen molar-refractivity contribution >= 4 is 17.5 Å². The van der Waals surface area contributed by atoms with E-state index in [9.17, 15) is 0 Å². The fourth-order valence-electron chi connectivity index (χ4n) is 4.07. The molecule has 5 rings (SSSR count). The molecule has 1 fully saturated rings. The van der Waals surface area contributed by atoms with Crippen molar-refractivity contribution in [3.63, 3.8) is 0 Å². The molecule has 1 aliphatic heterocycles. The van der Waals surface area contributed by atoms with Crippen LogP contribution in [0.15, 0.2) is 53.2 Å². The van der Waals surface area contributed by atoms with Crippen LogP contribution in [0.5, 0.6) is 5.75 Å². The molecule has 0 radical (unpaired) electrons. The van der Waals surface area contributed by atoms with Gasteiger partial charge in [-0.25, -0.2) is 19.9 Å². The van der Waals surface area contributed by atoms with Gasteiger partial charge >= 0.3 is 0 Å². The van der Waals surface area contributed by atoms with Gasteiger partial charge in [-0.15, -0.1) is 0 Å². The Morgan fingerprint density at radius 3 is 2.58 bits per heavy atom. The third-order valence-electron chi connectivity index (χ3n) is 5.92. The van der Waals surface area contributed by atoms with Gasteiger partial charge in [0.25, 0.3) is 0 Å². The summed E-state index contributed by atoms with van der Waals surface area (Å²) in [5, 5.41) is 3.25. The molecule has 1 saturated heterocycles. The second-order valence-corrected chi connectivity index (χ2v) is 9.02. The van der Waals surface area contributed by atoms with Crippen molar-refractivity contribution in [3.8, 4) is 28.5 Å². The van der Waals surface area contributed by atoms with Crippen LogP contribution in [0.3, 0.4) is 0 Å². The molecule has 36 heavy (non-hydrogen) atoms. The van der Waals surface area contributed by atoms with Crippen LogP contribution in [0.4, 0.5) is 17.5 Å². The van der Waals surface area contributed by atoms with E-state index in [2.05, 4.69) is 40.1 Å². The first kappa shape index (κ1) is 23.7. The van der Waals surface area contributed by atoms with Gasteiger partial charge in [-0.1, -0.05) is 13.8 Å². The molecule has 0 spiro atoms. The predicted molar refractivity (Wildman–Crippen MR) is 139 cm³/mol. The van der Waals surface area contributed by atoms with Crippen molar-refractivity contribution in [2.45, 2.75) is 26.7 Å². The van der Waals surface area contributed by atoms with Gasteiger partial charge in [0.2, 0.25) is 5.95 Å². The zero-order valence-corrected chi connectivity index (χ0v) is 21.0. The van der Waals surface area contributed by atoms with E-state index in [1.807, 2.05) is 37.3 Å². The zero-order valence-electron chi connectivity index (χ0n) is 21.0. The molecule has 0 bridgehead atoms. The summed E-state index contributed by atoms with van der Waals surface area (Å²) in [7, 11) is 1.66. The minimum absolute atomic E-state index is 0.125. The fraction of sp³-hybridized carbons (Fsp3) is 0.333. The lowest BCUT2D eigenvalue weighted by molar-refractivity contribution is 0.122. The molecular formula is C27H30N6O3. The molecule has 186 valence electrons. The van der Waals surface area contributed by atoms with E-state index < -0.39 is 0 Å².